The number of hydrogen-bond acceptors (Lipinski definition) is 5. The predicted octanol–water partition coefficient (Wildman–Crippen LogP) is 1.34. The summed E-state index contributed by atoms with van der Waals surface area (Å²) in [7, 11) is 0. The summed E-state index contributed by atoms with van der Waals surface area (Å²) in [5, 5.41) is 2.80. The molecule has 1 saturated carbocycles. The summed E-state index contributed by atoms with van der Waals surface area (Å²) in [5.74, 6) is -1.30. The third-order valence-electron chi connectivity index (χ3n) is 4.84. The van der Waals surface area contributed by atoms with Gasteiger partial charge in [-0.3, -0.25) is 19.3 Å². The number of nitrogens with two attached hydrogens (primary N) is 1. The van der Waals surface area contributed by atoms with Crippen LogP contribution in [0.4, 0.5) is 4.79 Å². The van der Waals surface area contributed by atoms with Crippen molar-refractivity contribution in [1.82, 2.24) is 10.2 Å². The Bertz CT molecular complexity index is 755. The van der Waals surface area contributed by atoms with Gasteiger partial charge >= 0.3 is 12.0 Å². The van der Waals surface area contributed by atoms with Crippen molar-refractivity contribution in [3.05, 3.63) is 29.8 Å². The minimum absolute atomic E-state index is 0.0409. The van der Waals surface area contributed by atoms with Crippen molar-refractivity contribution in [3.63, 3.8) is 0 Å². The number of benzene rings is 1. The zero-order valence-electron chi connectivity index (χ0n) is 14.3. The molecule has 1 aliphatic heterocycles. The lowest BCUT2D eigenvalue weighted by Crippen LogP contribution is -2.48. The van der Waals surface area contributed by atoms with E-state index in [0.717, 1.165) is 24.2 Å². The molecule has 1 aromatic rings. The van der Waals surface area contributed by atoms with Crippen LogP contribution < -0.4 is 15.8 Å². The zero-order chi connectivity index (χ0) is 18.7. The normalized spacial score (nSPS) is 18.7. The van der Waals surface area contributed by atoms with Crippen molar-refractivity contribution < 1.29 is 23.9 Å². The fourth-order valence-corrected chi connectivity index (χ4v) is 3.47. The Morgan fingerprint density at radius 3 is 2.62 bits per heavy atom. The van der Waals surface area contributed by atoms with E-state index in [9.17, 15) is 19.2 Å². The van der Waals surface area contributed by atoms with Gasteiger partial charge in [-0.25, -0.2) is 4.79 Å². The maximum atomic E-state index is 12.6. The van der Waals surface area contributed by atoms with Crippen LogP contribution in [0.15, 0.2) is 24.3 Å². The Morgan fingerprint density at radius 1 is 1.19 bits per heavy atom. The van der Waals surface area contributed by atoms with E-state index in [2.05, 4.69) is 5.32 Å². The van der Waals surface area contributed by atoms with Gasteiger partial charge in [-0.05, 0) is 31.0 Å². The first-order chi connectivity index (χ1) is 12.4. The van der Waals surface area contributed by atoms with Crippen molar-refractivity contribution in [3.8, 4) is 5.75 Å². The number of imide groups is 1. The molecule has 138 valence electrons. The van der Waals surface area contributed by atoms with Gasteiger partial charge in [0, 0.05) is 12.1 Å². The molecule has 1 saturated heterocycles. The molecular weight excluding hydrogens is 338 g/mol. The largest absolute Gasteiger partial charge is 0.426 e. The number of urea groups is 1. The lowest BCUT2D eigenvalue weighted by atomic mass is 9.82. The van der Waals surface area contributed by atoms with E-state index < -0.39 is 23.4 Å². The fraction of sp³-hybridized carbons (Fsp3) is 0.444. The van der Waals surface area contributed by atoms with Gasteiger partial charge in [0.15, 0.2) is 0 Å². The molecule has 3 rings (SSSR count). The average molecular weight is 359 g/mol. The summed E-state index contributed by atoms with van der Waals surface area (Å²) in [6.07, 6.45) is 4.00. The predicted molar refractivity (Wildman–Crippen MR) is 91.3 cm³/mol. The zero-order valence-corrected chi connectivity index (χ0v) is 14.3. The molecule has 0 radical (unpaired) electrons. The second-order valence-corrected chi connectivity index (χ2v) is 6.65. The van der Waals surface area contributed by atoms with Crippen LogP contribution in [0, 0.1) is 0 Å². The van der Waals surface area contributed by atoms with Gasteiger partial charge in [0.2, 0.25) is 5.91 Å². The highest BCUT2D eigenvalue weighted by atomic mass is 16.5. The van der Waals surface area contributed by atoms with Crippen molar-refractivity contribution in [2.45, 2.75) is 44.1 Å². The standard InChI is InChI=1S/C18H21N3O5/c19-15(23)12-5-4-6-13(11-12)26-14(22)7-10-21-16(24)18(20-17(21)25)8-2-1-3-9-18/h4-6,11H,1-3,7-10H2,(H2,19,23)(H,20,25). The van der Waals surface area contributed by atoms with Gasteiger partial charge in [-0.1, -0.05) is 25.3 Å². The van der Waals surface area contributed by atoms with Gasteiger partial charge in [-0.15, -0.1) is 0 Å². The molecule has 1 aliphatic carbocycles. The van der Waals surface area contributed by atoms with E-state index >= 15 is 0 Å². The van der Waals surface area contributed by atoms with E-state index in [1.54, 1.807) is 6.07 Å². The van der Waals surface area contributed by atoms with Gasteiger partial charge < -0.3 is 15.8 Å². The number of primary amides is 1. The number of nitrogens with zero attached hydrogens (tertiary/aromatic N) is 1. The second kappa shape index (κ2) is 7.15. The molecule has 0 aromatic heterocycles. The molecule has 8 nitrogen and oxygen atoms in total. The van der Waals surface area contributed by atoms with Crippen LogP contribution in [-0.4, -0.2) is 40.8 Å². The molecule has 1 spiro atoms. The molecule has 2 fully saturated rings. The number of esters is 1. The van der Waals surface area contributed by atoms with Crippen LogP contribution in [-0.2, 0) is 9.59 Å². The molecule has 1 aromatic carbocycles. The minimum Gasteiger partial charge on any atom is -0.426 e. The van der Waals surface area contributed by atoms with Crippen molar-refractivity contribution in [2.24, 2.45) is 5.73 Å². The number of carbonyl (C=O) groups is 4. The topological polar surface area (TPSA) is 119 Å². The lowest BCUT2D eigenvalue weighted by Gasteiger charge is -2.30. The number of rotatable bonds is 5. The second-order valence-electron chi connectivity index (χ2n) is 6.65. The Morgan fingerprint density at radius 2 is 1.92 bits per heavy atom. The Kier molecular flexibility index (Phi) is 4.92. The highest BCUT2D eigenvalue weighted by Gasteiger charge is 2.51. The monoisotopic (exact) mass is 359 g/mol. The first kappa shape index (κ1) is 17.9. The summed E-state index contributed by atoms with van der Waals surface area (Å²) >= 11 is 0. The van der Waals surface area contributed by atoms with Crippen molar-refractivity contribution in [1.29, 1.82) is 0 Å². The summed E-state index contributed by atoms with van der Waals surface area (Å²) in [4.78, 5) is 49.0. The van der Waals surface area contributed by atoms with E-state index in [0.29, 0.717) is 12.8 Å². The number of nitrogens with one attached hydrogen (secondary N) is 1. The molecule has 0 unspecified atom stereocenters. The van der Waals surface area contributed by atoms with Gasteiger partial charge in [0.1, 0.15) is 11.3 Å². The van der Waals surface area contributed by atoms with E-state index in [1.165, 1.54) is 18.2 Å². The number of carbonyl (C=O) groups excluding carboxylic acids is 4. The Balaban J connectivity index is 1.57. The van der Waals surface area contributed by atoms with Gasteiger partial charge in [0.25, 0.3) is 5.91 Å². The number of amides is 4. The average Bonchev–Trinajstić information content (AvgIpc) is 2.84. The Labute approximate surface area is 150 Å². The molecule has 2 aliphatic rings. The summed E-state index contributed by atoms with van der Waals surface area (Å²) < 4.78 is 5.16. The molecule has 0 bridgehead atoms. The third-order valence-corrected chi connectivity index (χ3v) is 4.84. The number of ether oxygens (including phenoxy) is 1. The van der Waals surface area contributed by atoms with Crippen molar-refractivity contribution >= 4 is 23.8 Å². The maximum absolute atomic E-state index is 12.6. The van der Waals surface area contributed by atoms with Crippen molar-refractivity contribution in [2.75, 3.05) is 6.54 Å². The first-order valence-electron chi connectivity index (χ1n) is 8.66. The molecular formula is C18H21N3O5. The SMILES string of the molecule is NC(=O)c1cccc(OC(=O)CCN2C(=O)NC3(CCCCC3)C2=O)c1. The smallest absolute Gasteiger partial charge is 0.325 e. The molecule has 8 heteroatoms. The Hall–Kier alpha value is -2.90. The van der Waals surface area contributed by atoms with E-state index in [-0.39, 0.29) is 30.2 Å². The quantitative estimate of drug-likeness (QED) is 0.467. The molecule has 1 heterocycles. The highest BCUT2D eigenvalue weighted by Crippen LogP contribution is 2.33. The van der Waals surface area contributed by atoms with Crippen LogP contribution in [0.2, 0.25) is 0 Å². The number of hydrogen-bond donors (Lipinski definition) is 2. The van der Waals surface area contributed by atoms with Crippen LogP contribution in [0.25, 0.3) is 0 Å². The maximum Gasteiger partial charge on any atom is 0.325 e. The summed E-state index contributed by atoms with van der Waals surface area (Å²) in [5.41, 5.74) is 4.61. The molecule has 26 heavy (non-hydrogen) atoms. The van der Waals surface area contributed by atoms with Crippen LogP contribution in [0.5, 0.6) is 5.75 Å². The van der Waals surface area contributed by atoms with Crippen LogP contribution >= 0.6 is 0 Å². The van der Waals surface area contributed by atoms with Gasteiger partial charge in [-0.2, -0.15) is 0 Å². The summed E-state index contributed by atoms with van der Waals surface area (Å²) in [6, 6.07) is 5.49. The minimum atomic E-state index is -0.797. The van der Waals surface area contributed by atoms with Crippen LogP contribution in [0.1, 0.15) is 48.9 Å². The molecule has 3 N–H and O–H groups in total. The fourth-order valence-electron chi connectivity index (χ4n) is 3.47. The summed E-state index contributed by atoms with van der Waals surface area (Å²) in [6.45, 7) is -0.0409. The van der Waals surface area contributed by atoms with E-state index in [4.69, 9.17) is 10.5 Å². The first-order valence-corrected chi connectivity index (χ1v) is 8.66. The molecule has 0 atom stereocenters. The highest BCUT2D eigenvalue weighted by molar-refractivity contribution is 6.07. The molecule has 4 amide bonds. The third kappa shape index (κ3) is 3.54. The van der Waals surface area contributed by atoms with Gasteiger partial charge in [0.05, 0.1) is 6.42 Å². The van der Waals surface area contributed by atoms with Crippen LogP contribution in [0.3, 0.4) is 0 Å². The van der Waals surface area contributed by atoms with E-state index in [1.807, 2.05) is 0 Å². The lowest BCUT2D eigenvalue weighted by molar-refractivity contribution is -0.136.